The van der Waals surface area contributed by atoms with E-state index in [2.05, 4.69) is 35.8 Å². The molecule has 0 aliphatic rings. The number of hydrogen-bond donors (Lipinski definition) is 0. The minimum Gasteiger partial charge on any atom is -0.399 e. The van der Waals surface area contributed by atoms with Crippen LogP contribution in [0.25, 0.3) is 0 Å². The molecule has 1 atom stereocenters. The molecule has 6 nitrogen and oxygen atoms in total. The second-order valence-electron chi connectivity index (χ2n) is 5.49. The molecule has 0 bridgehead atoms. The molecule has 1 unspecified atom stereocenters. The summed E-state index contributed by atoms with van der Waals surface area (Å²) in [6.45, 7) is 6.16. The average Bonchev–Trinajstić information content (AvgIpc) is 2.63. The van der Waals surface area contributed by atoms with Crippen molar-refractivity contribution in [1.29, 1.82) is 5.26 Å². The van der Waals surface area contributed by atoms with Gasteiger partial charge in [-0.3, -0.25) is 4.68 Å². The highest BCUT2D eigenvalue weighted by atomic mass is 28.4. The quantitative estimate of drug-likeness (QED) is 0.470. The van der Waals surface area contributed by atoms with Crippen molar-refractivity contribution in [2.24, 2.45) is 12.0 Å². The Morgan fingerprint density at radius 2 is 2.16 bits per heavy atom. The van der Waals surface area contributed by atoms with Crippen LogP contribution in [0.1, 0.15) is 11.7 Å². The highest BCUT2D eigenvalue weighted by Gasteiger charge is 2.25. The summed E-state index contributed by atoms with van der Waals surface area (Å²) in [5.74, 6) is 0.651. The normalized spacial score (nSPS) is 13.5. The molecular formula is C12H21N5OSi. The zero-order valence-corrected chi connectivity index (χ0v) is 13.4. The van der Waals surface area contributed by atoms with Crippen LogP contribution in [0.5, 0.6) is 0 Å². The van der Waals surface area contributed by atoms with Crippen molar-refractivity contribution >= 4 is 20.5 Å². The number of aryl methyl sites for hydroxylation is 1. The average molecular weight is 279 g/mol. The number of rotatable bonds is 5. The fraction of sp³-hybridized carbons (Fsp3) is 0.583. The van der Waals surface area contributed by atoms with E-state index < -0.39 is 14.4 Å². The third-order valence-electron chi connectivity index (χ3n) is 2.22. The SMILES string of the molecule is CN(C)/C=N/c1c(C(C#N)O[Si](C)(C)C)cnn1C. The first-order valence-corrected chi connectivity index (χ1v) is 9.45. The van der Waals surface area contributed by atoms with Crippen molar-refractivity contribution in [3.63, 3.8) is 0 Å². The van der Waals surface area contributed by atoms with E-state index >= 15 is 0 Å². The van der Waals surface area contributed by atoms with Crippen molar-refractivity contribution in [2.75, 3.05) is 14.1 Å². The minimum absolute atomic E-state index is 0.616. The Morgan fingerprint density at radius 1 is 1.53 bits per heavy atom. The first-order valence-electron chi connectivity index (χ1n) is 6.04. The highest BCUT2D eigenvalue weighted by Crippen LogP contribution is 2.29. The van der Waals surface area contributed by atoms with Crippen LogP contribution in [0.4, 0.5) is 5.82 Å². The summed E-state index contributed by atoms with van der Waals surface area (Å²) in [6, 6.07) is 2.19. The maximum absolute atomic E-state index is 9.30. The molecule has 0 amide bonds. The van der Waals surface area contributed by atoms with Gasteiger partial charge in [-0.05, 0) is 19.6 Å². The van der Waals surface area contributed by atoms with Gasteiger partial charge in [0.2, 0.25) is 0 Å². The van der Waals surface area contributed by atoms with Gasteiger partial charge in [0, 0.05) is 21.1 Å². The van der Waals surface area contributed by atoms with Crippen LogP contribution in [0.15, 0.2) is 11.2 Å². The van der Waals surface area contributed by atoms with Crippen molar-refractivity contribution in [2.45, 2.75) is 25.7 Å². The van der Waals surface area contributed by atoms with Gasteiger partial charge >= 0.3 is 0 Å². The van der Waals surface area contributed by atoms with E-state index in [9.17, 15) is 5.26 Å². The summed E-state index contributed by atoms with van der Waals surface area (Å²) >= 11 is 0. The van der Waals surface area contributed by atoms with E-state index in [0.29, 0.717) is 11.4 Å². The van der Waals surface area contributed by atoms with Gasteiger partial charge < -0.3 is 9.33 Å². The zero-order valence-electron chi connectivity index (χ0n) is 12.4. The van der Waals surface area contributed by atoms with Crippen LogP contribution in [-0.2, 0) is 11.5 Å². The molecular weight excluding hydrogens is 258 g/mol. The molecule has 0 aliphatic carbocycles. The summed E-state index contributed by atoms with van der Waals surface area (Å²) in [4.78, 5) is 6.18. The summed E-state index contributed by atoms with van der Waals surface area (Å²) < 4.78 is 7.52. The third kappa shape index (κ3) is 4.50. The lowest BCUT2D eigenvalue weighted by molar-refractivity contribution is 0.255. The van der Waals surface area contributed by atoms with Gasteiger partial charge in [-0.15, -0.1) is 0 Å². The Labute approximate surface area is 115 Å². The fourth-order valence-corrected chi connectivity index (χ4v) is 2.36. The molecule has 7 heteroatoms. The smallest absolute Gasteiger partial charge is 0.186 e. The molecule has 1 rings (SSSR count). The predicted octanol–water partition coefficient (Wildman–Crippen LogP) is 2.06. The van der Waals surface area contributed by atoms with Crippen LogP contribution >= 0.6 is 0 Å². The van der Waals surface area contributed by atoms with Crippen molar-refractivity contribution < 1.29 is 4.43 Å². The van der Waals surface area contributed by atoms with Crippen molar-refractivity contribution in [3.05, 3.63) is 11.8 Å². The topological polar surface area (TPSA) is 66.4 Å². The van der Waals surface area contributed by atoms with E-state index in [1.54, 1.807) is 24.3 Å². The highest BCUT2D eigenvalue weighted by molar-refractivity contribution is 6.69. The summed E-state index contributed by atoms with van der Waals surface area (Å²) in [5.41, 5.74) is 0.713. The van der Waals surface area contributed by atoms with Gasteiger partial charge in [0.05, 0.1) is 24.2 Å². The molecule has 0 radical (unpaired) electrons. The molecule has 0 saturated carbocycles. The molecule has 0 aliphatic heterocycles. The number of aromatic nitrogens is 2. The predicted molar refractivity (Wildman–Crippen MR) is 77.8 cm³/mol. The zero-order chi connectivity index (χ0) is 14.6. The van der Waals surface area contributed by atoms with Gasteiger partial charge in [-0.2, -0.15) is 10.4 Å². The molecule has 19 heavy (non-hydrogen) atoms. The Morgan fingerprint density at radius 3 is 2.63 bits per heavy atom. The first-order chi connectivity index (χ1) is 8.74. The van der Waals surface area contributed by atoms with Crippen LogP contribution < -0.4 is 0 Å². The van der Waals surface area contributed by atoms with Crippen molar-refractivity contribution in [1.82, 2.24) is 14.7 Å². The molecule has 1 aromatic heterocycles. The molecule has 0 saturated heterocycles. The Bertz CT molecular complexity index is 495. The van der Waals surface area contributed by atoms with E-state index in [-0.39, 0.29) is 0 Å². The lowest BCUT2D eigenvalue weighted by Crippen LogP contribution is -2.27. The third-order valence-corrected chi connectivity index (χ3v) is 3.16. The lowest BCUT2D eigenvalue weighted by atomic mass is 10.2. The van der Waals surface area contributed by atoms with E-state index in [1.165, 1.54) is 0 Å². The Kier molecular flexibility index (Phi) is 4.86. The number of hydrogen-bond acceptors (Lipinski definition) is 4. The maximum atomic E-state index is 9.30. The molecule has 0 aromatic carbocycles. The van der Waals surface area contributed by atoms with Crippen LogP contribution in [0.3, 0.4) is 0 Å². The van der Waals surface area contributed by atoms with Crippen LogP contribution in [-0.4, -0.2) is 43.4 Å². The Balaban J connectivity index is 3.09. The summed E-state index contributed by atoms with van der Waals surface area (Å²) in [6.07, 6.45) is 2.72. The van der Waals surface area contributed by atoms with Crippen molar-refractivity contribution in [3.8, 4) is 6.07 Å². The second-order valence-corrected chi connectivity index (χ2v) is 9.96. The molecule has 1 heterocycles. The minimum atomic E-state index is -1.80. The molecule has 0 spiro atoms. The van der Waals surface area contributed by atoms with Crippen LogP contribution in [0.2, 0.25) is 19.6 Å². The van der Waals surface area contributed by atoms with Crippen LogP contribution in [0, 0.1) is 11.3 Å². The fourth-order valence-electron chi connectivity index (χ4n) is 1.47. The molecule has 1 aromatic rings. The summed E-state index contributed by atoms with van der Waals surface area (Å²) in [7, 11) is 3.77. The van der Waals surface area contributed by atoms with Gasteiger partial charge in [0.15, 0.2) is 20.2 Å². The number of aliphatic imine (C=N–C) groups is 1. The van der Waals surface area contributed by atoms with Gasteiger partial charge in [-0.1, -0.05) is 0 Å². The molecule has 0 N–H and O–H groups in total. The largest absolute Gasteiger partial charge is 0.399 e. The standard InChI is InChI=1S/C12H21N5OSi/c1-16(2)9-14-12-10(8-15-17(12)3)11(7-13)18-19(4,5)6/h8-9,11H,1-6H3/b14-9+. The maximum Gasteiger partial charge on any atom is 0.186 e. The first kappa shape index (κ1) is 15.4. The molecule has 0 fully saturated rings. The second kappa shape index (κ2) is 5.99. The number of nitriles is 1. The monoisotopic (exact) mass is 279 g/mol. The van der Waals surface area contributed by atoms with E-state index in [0.717, 1.165) is 0 Å². The molecule has 104 valence electrons. The van der Waals surface area contributed by atoms with Gasteiger partial charge in [0.25, 0.3) is 0 Å². The van der Waals surface area contributed by atoms with Gasteiger partial charge in [-0.25, -0.2) is 4.99 Å². The van der Waals surface area contributed by atoms with E-state index in [1.807, 2.05) is 19.0 Å². The summed E-state index contributed by atoms with van der Waals surface area (Å²) in [5, 5.41) is 13.5. The van der Waals surface area contributed by atoms with E-state index in [4.69, 9.17) is 4.43 Å². The van der Waals surface area contributed by atoms with Gasteiger partial charge in [0.1, 0.15) is 0 Å². The lowest BCUT2D eigenvalue weighted by Gasteiger charge is -2.21. The Hall–Kier alpha value is -1.65. The number of nitrogens with zero attached hydrogens (tertiary/aromatic N) is 5.